The molecule has 1 aliphatic heterocycles. The number of likely N-dealkylation sites (tertiary alicyclic amines) is 1. The minimum atomic E-state index is -2.11. The predicted molar refractivity (Wildman–Crippen MR) is 77.1 cm³/mol. The van der Waals surface area contributed by atoms with Crippen molar-refractivity contribution in [1.82, 2.24) is 4.90 Å². The minimum Gasteiger partial charge on any atom is -0.480 e. The number of carbonyl (C=O) groups is 2. The molecular weight excluding hydrogens is 278 g/mol. The summed E-state index contributed by atoms with van der Waals surface area (Å²) in [6.45, 7) is 14.0. The SMILES string of the molecule is C=C1[C@@H](O[Si](C)(C)C(C)(C)C)C[C@@H](C(=O)O)N1C(=O)O. The standard InChI is InChI=1S/C13H23NO5Si/c1-8-10(19-20(5,6)13(2,3)4)7-9(11(15)16)14(8)12(17)18/h9-10H,1,7H2,2-6H3,(H,15,16)(H,17,18)/t9-,10-/m0/s1. The van der Waals surface area contributed by atoms with E-state index >= 15 is 0 Å². The number of carboxylic acids is 1. The van der Waals surface area contributed by atoms with Gasteiger partial charge in [0.05, 0.1) is 6.10 Å². The largest absolute Gasteiger partial charge is 0.480 e. The first-order valence-electron chi connectivity index (χ1n) is 6.50. The predicted octanol–water partition coefficient (Wildman–Crippen LogP) is 2.73. The van der Waals surface area contributed by atoms with Gasteiger partial charge in [-0.25, -0.2) is 9.59 Å². The summed E-state index contributed by atoms with van der Waals surface area (Å²) in [5, 5.41) is 18.2. The molecule has 2 atom stereocenters. The van der Waals surface area contributed by atoms with Gasteiger partial charge in [0.15, 0.2) is 8.32 Å². The van der Waals surface area contributed by atoms with Crippen LogP contribution in [0.1, 0.15) is 27.2 Å². The Morgan fingerprint density at radius 2 is 1.85 bits per heavy atom. The van der Waals surface area contributed by atoms with Crippen LogP contribution in [0.3, 0.4) is 0 Å². The minimum absolute atomic E-state index is 0.0390. The third-order valence-electron chi connectivity index (χ3n) is 4.16. The fourth-order valence-corrected chi connectivity index (χ4v) is 3.21. The third kappa shape index (κ3) is 3.04. The van der Waals surface area contributed by atoms with Gasteiger partial charge in [-0.15, -0.1) is 0 Å². The lowest BCUT2D eigenvalue weighted by Gasteiger charge is -2.38. The van der Waals surface area contributed by atoms with Crippen molar-refractivity contribution in [2.24, 2.45) is 0 Å². The summed E-state index contributed by atoms with van der Waals surface area (Å²) in [5.41, 5.74) is 0.217. The molecule has 0 bridgehead atoms. The fourth-order valence-electron chi connectivity index (χ4n) is 1.92. The molecule has 1 heterocycles. The van der Waals surface area contributed by atoms with Crippen LogP contribution in [0.4, 0.5) is 4.79 Å². The summed E-state index contributed by atoms with van der Waals surface area (Å²) in [7, 11) is -2.11. The molecule has 1 rings (SSSR count). The van der Waals surface area contributed by atoms with Gasteiger partial charge in [-0.2, -0.15) is 0 Å². The molecule has 0 spiro atoms. The van der Waals surface area contributed by atoms with E-state index in [1.807, 2.05) is 13.1 Å². The van der Waals surface area contributed by atoms with E-state index in [0.717, 1.165) is 4.90 Å². The molecule has 6 nitrogen and oxygen atoms in total. The van der Waals surface area contributed by atoms with E-state index in [4.69, 9.17) is 14.6 Å². The fraction of sp³-hybridized carbons (Fsp3) is 0.692. The molecule has 0 aliphatic carbocycles. The van der Waals surface area contributed by atoms with Gasteiger partial charge < -0.3 is 14.6 Å². The molecule has 0 unspecified atom stereocenters. The Kier molecular flexibility index (Phi) is 4.36. The molecular formula is C13H23NO5Si. The van der Waals surface area contributed by atoms with Crippen molar-refractivity contribution in [1.29, 1.82) is 0 Å². The molecule has 20 heavy (non-hydrogen) atoms. The van der Waals surface area contributed by atoms with Crippen LogP contribution in [-0.2, 0) is 9.22 Å². The summed E-state index contributed by atoms with van der Waals surface area (Å²) in [5.74, 6) is -1.17. The van der Waals surface area contributed by atoms with Crippen molar-refractivity contribution in [3.63, 3.8) is 0 Å². The Bertz CT molecular complexity index is 441. The number of aliphatic carboxylic acids is 1. The molecule has 0 radical (unpaired) electrons. The van der Waals surface area contributed by atoms with E-state index in [1.165, 1.54) is 0 Å². The molecule has 2 N–H and O–H groups in total. The Hall–Kier alpha value is -1.34. The van der Waals surface area contributed by atoms with Gasteiger partial charge in [0.1, 0.15) is 6.04 Å². The first kappa shape index (κ1) is 16.7. The zero-order valence-electron chi connectivity index (χ0n) is 12.6. The van der Waals surface area contributed by atoms with Crippen LogP contribution in [0, 0.1) is 0 Å². The summed E-state index contributed by atoms with van der Waals surface area (Å²) in [6, 6.07) is -1.12. The van der Waals surface area contributed by atoms with Gasteiger partial charge in [-0.3, -0.25) is 4.90 Å². The molecule has 0 saturated carbocycles. The van der Waals surface area contributed by atoms with Crippen molar-refractivity contribution >= 4 is 20.4 Å². The molecule has 114 valence electrons. The number of rotatable bonds is 3. The molecule has 7 heteroatoms. The maximum atomic E-state index is 11.2. The maximum Gasteiger partial charge on any atom is 0.412 e. The van der Waals surface area contributed by atoms with Crippen LogP contribution < -0.4 is 0 Å². The van der Waals surface area contributed by atoms with Crippen molar-refractivity contribution in [3.8, 4) is 0 Å². The van der Waals surface area contributed by atoms with Gasteiger partial charge in [0.2, 0.25) is 0 Å². The van der Waals surface area contributed by atoms with E-state index in [9.17, 15) is 9.59 Å². The highest BCUT2D eigenvalue weighted by molar-refractivity contribution is 6.74. The molecule has 1 fully saturated rings. The van der Waals surface area contributed by atoms with Crippen LogP contribution in [-0.4, -0.2) is 47.6 Å². The first-order valence-corrected chi connectivity index (χ1v) is 9.41. The second-order valence-corrected chi connectivity index (χ2v) is 11.4. The number of hydrogen-bond acceptors (Lipinski definition) is 3. The number of carboxylic acid groups (broad SMARTS) is 2. The van der Waals surface area contributed by atoms with Crippen molar-refractivity contribution < 1.29 is 24.2 Å². The highest BCUT2D eigenvalue weighted by Gasteiger charge is 2.47. The van der Waals surface area contributed by atoms with E-state index in [0.29, 0.717) is 0 Å². The van der Waals surface area contributed by atoms with Crippen LogP contribution in [0.2, 0.25) is 18.1 Å². The molecule has 0 aromatic carbocycles. The van der Waals surface area contributed by atoms with E-state index < -0.39 is 32.5 Å². The van der Waals surface area contributed by atoms with Gasteiger partial charge in [0.25, 0.3) is 0 Å². The Morgan fingerprint density at radius 3 is 2.15 bits per heavy atom. The lowest BCUT2D eigenvalue weighted by Crippen LogP contribution is -2.44. The third-order valence-corrected chi connectivity index (χ3v) is 8.65. The topological polar surface area (TPSA) is 87.1 Å². The van der Waals surface area contributed by atoms with E-state index in [1.54, 1.807) is 0 Å². The number of hydrogen-bond donors (Lipinski definition) is 2. The quantitative estimate of drug-likeness (QED) is 0.783. The van der Waals surface area contributed by atoms with Gasteiger partial charge in [-0.05, 0) is 18.1 Å². The highest BCUT2D eigenvalue weighted by Crippen LogP contribution is 2.40. The van der Waals surface area contributed by atoms with E-state index in [-0.39, 0.29) is 17.2 Å². The van der Waals surface area contributed by atoms with E-state index in [2.05, 4.69) is 27.4 Å². The second kappa shape index (κ2) is 5.21. The van der Waals surface area contributed by atoms with Gasteiger partial charge in [0, 0.05) is 12.1 Å². The highest BCUT2D eigenvalue weighted by atomic mass is 28.4. The number of nitrogens with zero attached hydrogens (tertiary/aromatic N) is 1. The van der Waals surface area contributed by atoms with Crippen LogP contribution >= 0.6 is 0 Å². The van der Waals surface area contributed by atoms with Crippen molar-refractivity contribution in [3.05, 3.63) is 12.3 Å². The molecule has 1 amide bonds. The number of amides is 1. The average Bonchev–Trinajstić information content (AvgIpc) is 2.54. The van der Waals surface area contributed by atoms with Gasteiger partial charge in [-0.1, -0.05) is 27.4 Å². The zero-order chi connectivity index (χ0) is 15.9. The lowest BCUT2D eigenvalue weighted by atomic mass is 10.2. The van der Waals surface area contributed by atoms with Crippen LogP contribution in [0.5, 0.6) is 0 Å². The average molecular weight is 301 g/mol. The summed E-state index contributed by atoms with van der Waals surface area (Å²) in [4.78, 5) is 23.2. The molecule has 0 aromatic rings. The van der Waals surface area contributed by atoms with Crippen LogP contribution in [0.15, 0.2) is 12.3 Å². The van der Waals surface area contributed by atoms with Crippen molar-refractivity contribution in [2.75, 3.05) is 0 Å². The Balaban J connectivity index is 2.98. The second-order valence-electron chi connectivity index (χ2n) is 6.60. The Morgan fingerprint density at radius 1 is 1.35 bits per heavy atom. The van der Waals surface area contributed by atoms with Crippen LogP contribution in [0.25, 0.3) is 0 Å². The Labute approximate surface area is 120 Å². The molecule has 1 saturated heterocycles. The summed E-state index contributed by atoms with van der Waals surface area (Å²) >= 11 is 0. The van der Waals surface area contributed by atoms with Crippen molar-refractivity contribution in [2.45, 2.75) is 57.5 Å². The summed E-state index contributed by atoms with van der Waals surface area (Å²) < 4.78 is 6.11. The maximum absolute atomic E-state index is 11.2. The monoisotopic (exact) mass is 301 g/mol. The first-order chi connectivity index (χ1) is 8.88. The normalized spacial score (nSPS) is 24.1. The smallest absolute Gasteiger partial charge is 0.412 e. The van der Waals surface area contributed by atoms with Gasteiger partial charge >= 0.3 is 12.1 Å². The molecule has 0 aromatic heterocycles. The summed E-state index contributed by atoms with van der Waals surface area (Å²) in [6.07, 6.45) is -1.73. The zero-order valence-corrected chi connectivity index (χ0v) is 13.6. The molecule has 1 aliphatic rings. The lowest BCUT2D eigenvalue weighted by molar-refractivity contribution is -0.141.